The molecule has 0 N–H and O–H groups in total. The fraction of sp³-hybridized carbons (Fsp3) is 0.296. The van der Waals surface area contributed by atoms with E-state index in [1.165, 1.54) is 22.9 Å². The van der Waals surface area contributed by atoms with E-state index in [4.69, 9.17) is 18.9 Å². The zero-order valence-electron chi connectivity index (χ0n) is 20.6. The molecule has 3 aromatic rings. The van der Waals surface area contributed by atoms with E-state index in [0.29, 0.717) is 12.2 Å². The van der Waals surface area contributed by atoms with E-state index in [0.717, 1.165) is 35.5 Å². The number of ether oxygens (including phenoxy) is 4. The number of methoxy groups -OCH3 is 2. The molecule has 192 valence electrons. The van der Waals surface area contributed by atoms with Crippen LogP contribution in [0.2, 0.25) is 0 Å². The van der Waals surface area contributed by atoms with Crippen LogP contribution in [-0.4, -0.2) is 36.6 Å². The molecule has 8 nitrogen and oxygen atoms in total. The zero-order valence-corrected chi connectivity index (χ0v) is 21.3. The Morgan fingerprint density at radius 2 is 1.58 bits per heavy atom. The van der Waals surface area contributed by atoms with Crippen LogP contribution in [0.3, 0.4) is 0 Å². The largest absolute Gasteiger partial charge is 0.497 e. The molecule has 0 aliphatic rings. The summed E-state index contributed by atoms with van der Waals surface area (Å²) in [6.45, 7) is 2.84. The van der Waals surface area contributed by atoms with Crippen molar-refractivity contribution >= 4 is 12.0 Å². The molecular formula is C27H30ArN2O6. The van der Waals surface area contributed by atoms with Gasteiger partial charge in [-0.2, -0.15) is 0 Å². The van der Waals surface area contributed by atoms with Gasteiger partial charge in [0.05, 0.1) is 27.4 Å². The Morgan fingerprint density at radius 3 is 2.17 bits per heavy atom. The first-order valence-electron chi connectivity index (χ1n) is 11.4. The van der Waals surface area contributed by atoms with E-state index >= 15 is 0 Å². The Kier molecular flexibility index (Phi) is 12.5. The van der Waals surface area contributed by atoms with Crippen molar-refractivity contribution in [2.75, 3.05) is 20.8 Å². The molecule has 1 aromatic heterocycles. The summed E-state index contributed by atoms with van der Waals surface area (Å²) in [5.74, 6) is 1.21. The monoisotopic (exact) mass is 518 g/mol. The molecule has 0 spiro atoms. The van der Waals surface area contributed by atoms with Crippen LogP contribution in [0, 0.1) is 37.7 Å². The number of nitrogens with zero attached hydrogens (tertiary/aromatic N) is 2. The minimum atomic E-state index is -0.484. The second kappa shape index (κ2) is 15.3. The summed E-state index contributed by atoms with van der Waals surface area (Å²) in [5.41, 5.74) is 1.84. The number of esters is 1. The van der Waals surface area contributed by atoms with Gasteiger partial charge in [-0.3, -0.25) is 4.79 Å². The van der Waals surface area contributed by atoms with Crippen molar-refractivity contribution in [3.8, 4) is 17.4 Å². The molecule has 0 atom stereocenters. The van der Waals surface area contributed by atoms with Gasteiger partial charge in [0.1, 0.15) is 18.1 Å². The van der Waals surface area contributed by atoms with Crippen LogP contribution in [0.1, 0.15) is 36.5 Å². The summed E-state index contributed by atoms with van der Waals surface area (Å²) in [7, 11) is 3.20. The van der Waals surface area contributed by atoms with Gasteiger partial charge >= 0.3 is 5.97 Å². The van der Waals surface area contributed by atoms with Crippen LogP contribution in [0.5, 0.6) is 17.4 Å². The van der Waals surface area contributed by atoms with Gasteiger partial charge in [-0.15, -0.1) is 5.10 Å². The van der Waals surface area contributed by atoms with Crippen molar-refractivity contribution in [3.63, 3.8) is 0 Å². The number of hydrogen-bond donors (Lipinski definition) is 0. The molecule has 3 rings (SSSR count). The van der Waals surface area contributed by atoms with Crippen LogP contribution in [0.4, 0.5) is 0 Å². The first-order chi connectivity index (χ1) is 17.0. The molecule has 0 radical (unpaired) electrons. The van der Waals surface area contributed by atoms with Gasteiger partial charge in [0.25, 0.3) is 5.56 Å². The summed E-state index contributed by atoms with van der Waals surface area (Å²) in [6, 6.07) is 16.2. The van der Waals surface area contributed by atoms with E-state index in [9.17, 15) is 9.59 Å². The first kappa shape index (κ1) is 29.4. The smallest absolute Gasteiger partial charge is 0.330 e. The zero-order chi connectivity index (χ0) is 25.0. The van der Waals surface area contributed by atoms with Crippen molar-refractivity contribution in [1.29, 1.82) is 0 Å². The predicted octanol–water partition coefficient (Wildman–Crippen LogP) is 4.24. The predicted molar refractivity (Wildman–Crippen MR) is 133 cm³/mol. The number of rotatable bonds is 12. The summed E-state index contributed by atoms with van der Waals surface area (Å²) in [6.07, 6.45) is 4.49. The Balaban J connectivity index is 0.00000456. The molecule has 0 unspecified atom stereocenters. The molecule has 9 heteroatoms. The average Bonchev–Trinajstić information content (AvgIpc) is 2.88. The Labute approximate surface area is 240 Å². The molecule has 0 aliphatic heterocycles. The average molecular weight is 518 g/mol. The van der Waals surface area contributed by atoms with E-state index in [2.05, 4.69) is 5.10 Å². The maximum Gasteiger partial charge on any atom is 0.330 e. The minimum absolute atomic E-state index is 0. The van der Waals surface area contributed by atoms with Gasteiger partial charge in [-0.05, 0) is 47.9 Å². The van der Waals surface area contributed by atoms with Gasteiger partial charge in [0.15, 0.2) is 0 Å². The molecule has 0 saturated heterocycles. The second-order valence-corrected chi connectivity index (χ2v) is 7.74. The van der Waals surface area contributed by atoms with Crippen molar-refractivity contribution in [3.05, 3.63) is 87.7 Å². The van der Waals surface area contributed by atoms with E-state index < -0.39 is 5.97 Å². The molecule has 2 aromatic carbocycles. The van der Waals surface area contributed by atoms with Crippen molar-refractivity contribution in [2.24, 2.45) is 0 Å². The number of aromatic nitrogens is 2. The Hall–Kier alpha value is -2.81. The molecule has 1 heterocycles. The van der Waals surface area contributed by atoms with Gasteiger partial charge < -0.3 is 18.9 Å². The fourth-order valence-corrected chi connectivity index (χ4v) is 3.13. The summed E-state index contributed by atoms with van der Waals surface area (Å²) in [5, 5.41) is 4.43. The molecule has 0 saturated carbocycles. The third kappa shape index (κ3) is 9.00. The van der Waals surface area contributed by atoms with E-state index in [1.54, 1.807) is 14.2 Å². The molecule has 0 bridgehead atoms. The summed E-state index contributed by atoms with van der Waals surface area (Å²) >= 11 is 0. The number of hydrogen-bond acceptors (Lipinski definition) is 7. The Bertz CT molecular complexity index is 1190. The van der Waals surface area contributed by atoms with Gasteiger partial charge in [-0.25, -0.2) is 9.48 Å². The van der Waals surface area contributed by atoms with Crippen LogP contribution in [0.15, 0.2) is 65.5 Å². The van der Waals surface area contributed by atoms with Crippen molar-refractivity contribution in [2.45, 2.75) is 32.9 Å². The molecule has 0 amide bonds. The standard InChI is InChI=1S/C27H30N2O6.Ar/c1-4-5-16-34-26(31)15-10-22-17-25(30)29(18-20-6-11-23(32-2)12-7-20)28-27(22)35-19-21-8-13-24(33-3)14-9-21;/h6-15,17H,4-5,16,18-19H2,1-3H3;/b15-10+;. The normalized spacial score (nSPS) is 10.5. The van der Waals surface area contributed by atoms with E-state index in [1.807, 2.05) is 55.5 Å². The van der Waals surface area contributed by atoms with Crippen LogP contribution < -0.4 is 19.8 Å². The van der Waals surface area contributed by atoms with Gasteiger partial charge in [0, 0.05) is 55.4 Å². The number of unbranched alkanes of at least 4 members (excludes halogenated alkanes) is 1. The van der Waals surface area contributed by atoms with Gasteiger partial charge in [-0.1, -0.05) is 37.6 Å². The number of carbonyl (C=O) groups excluding carboxylic acids is 1. The third-order valence-electron chi connectivity index (χ3n) is 5.16. The maximum absolute atomic E-state index is 12.8. The number of benzene rings is 2. The quantitative estimate of drug-likeness (QED) is 0.201. The minimum Gasteiger partial charge on any atom is -0.497 e. The summed E-state index contributed by atoms with van der Waals surface area (Å²) < 4.78 is 22.8. The van der Waals surface area contributed by atoms with Crippen molar-refractivity contribution < 1.29 is 61.5 Å². The fourth-order valence-electron chi connectivity index (χ4n) is 3.13. The molecule has 0 aliphatic carbocycles. The molecule has 0 fully saturated rings. The van der Waals surface area contributed by atoms with Crippen molar-refractivity contribution in [1.82, 2.24) is 9.78 Å². The van der Waals surface area contributed by atoms with Crippen LogP contribution >= 0.6 is 0 Å². The maximum atomic E-state index is 12.8. The molecule has 36 heavy (non-hydrogen) atoms. The summed E-state index contributed by atoms with van der Waals surface area (Å²) in [4.78, 5) is 24.8. The third-order valence-corrected chi connectivity index (χ3v) is 5.16. The number of carbonyl (C=O) groups is 1. The van der Waals surface area contributed by atoms with E-state index in [-0.39, 0.29) is 62.3 Å². The SMILES string of the molecule is CCCCOC(=O)/C=C/c1cc(=O)n(Cc2ccc(OC)cc2)nc1OCc1ccc(OC)cc1.[Ar]. The molecular weight excluding hydrogens is 488 g/mol. The van der Waals surface area contributed by atoms with Gasteiger partial charge in [0.2, 0.25) is 5.88 Å². The Morgan fingerprint density at radius 1 is 0.972 bits per heavy atom. The second-order valence-electron chi connectivity index (χ2n) is 7.74. The van der Waals surface area contributed by atoms with Crippen LogP contribution in [0.25, 0.3) is 6.08 Å². The first-order valence-corrected chi connectivity index (χ1v) is 11.4. The van der Waals surface area contributed by atoms with Crippen LogP contribution in [-0.2, 0) is 22.7 Å². The topological polar surface area (TPSA) is 88.9 Å².